The first kappa shape index (κ1) is 21.5. The summed E-state index contributed by atoms with van der Waals surface area (Å²) in [5.41, 5.74) is -1.41. The van der Waals surface area contributed by atoms with Gasteiger partial charge in [-0.2, -0.15) is 4.98 Å². The fraction of sp³-hybridized carbons (Fsp3) is 0.762. The Morgan fingerprint density at radius 2 is 2.10 bits per heavy atom. The molecule has 1 amide bonds. The van der Waals surface area contributed by atoms with Gasteiger partial charge in [0, 0.05) is 31.2 Å². The van der Waals surface area contributed by atoms with Crippen molar-refractivity contribution in [2.75, 3.05) is 6.54 Å². The van der Waals surface area contributed by atoms with Gasteiger partial charge in [0.25, 0.3) is 0 Å². The Morgan fingerprint density at radius 3 is 2.66 bits per heavy atom. The number of ether oxygens (including phenoxy) is 1. The van der Waals surface area contributed by atoms with Crippen molar-refractivity contribution in [3.8, 4) is 0 Å². The summed E-state index contributed by atoms with van der Waals surface area (Å²) in [6.07, 6.45) is 3.45. The number of hydrogen-bond donors (Lipinski definition) is 0. The number of aromatic nitrogens is 2. The summed E-state index contributed by atoms with van der Waals surface area (Å²) in [7, 11) is 0. The van der Waals surface area contributed by atoms with E-state index >= 15 is 0 Å². The number of carbonyl (C=O) groups is 3. The maximum absolute atomic E-state index is 13.3. The molecule has 0 radical (unpaired) electrons. The van der Waals surface area contributed by atoms with Gasteiger partial charge in [-0.3, -0.25) is 14.5 Å². The average Bonchev–Trinajstić information content (AvgIpc) is 3.28. The molecule has 1 aliphatic carbocycles. The molecule has 8 heteroatoms. The minimum Gasteiger partial charge on any atom is -0.444 e. The zero-order valence-electron chi connectivity index (χ0n) is 17.9. The van der Waals surface area contributed by atoms with Gasteiger partial charge >= 0.3 is 6.09 Å². The molecule has 2 unspecified atom stereocenters. The summed E-state index contributed by atoms with van der Waals surface area (Å²) in [4.78, 5) is 44.4. The summed E-state index contributed by atoms with van der Waals surface area (Å²) < 4.78 is 10.5. The molecule has 29 heavy (non-hydrogen) atoms. The van der Waals surface area contributed by atoms with E-state index in [2.05, 4.69) is 10.1 Å². The average molecular weight is 405 g/mol. The molecule has 2 aliphatic rings. The first-order valence-corrected chi connectivity index (χ1v) is 10.4. The van der Waals surface area contributed by atoms with Crippen LogP contribution in [0.3, 0.4) is 0 Å². The highest BCUT2D eigenvalue weighted by atomic mass is 16.6. The molecular formula is C21H31N3O5. The van der Waals surface area contributed by atoms with E-state index in [1.807, 2.05) is 34.6 Å². The van der Waals surface area contributed by atoms with Gasteiger partial charge in [-0.1, -0.05) is 19.0 Å². The summed E-state index contributed by atoms with van der Waals surface area (Å²) in [5.74, 6) is -0.221. The molecule has 160 valence electrons. The molecule has 3 rings (SSSR count). The molecule has 3 atom stereocenters. The van der Waals surface area contributed by atoms with E-state index < -0.39 is 17.2 Å². The molecule has 1 aromatic rings. The van der Waals surface area contributed by atoms with Crippen LogP contribution in [0.5, 0.6) is 0 Å². The number of ketones is 2. The van der Waals surface area contributed by atoms with Gasteiger partial charge in [0.2, 0.25) is 5.89 Å². The lowest BCUT2D eigenvalue weighted by Gasteiger charge is -2.51. The largest absolute Gasteiger partial charge is 0.444 e. The van der Waals surface area contributed by atoms with Gasteiger partial charge in [-0.05, 0) is 46.0 Å². The van der Waals surface area contributed by atoms with Crippen LogP contribution in [0.25, 0.3) is 0 Å². The summed E-state index contributed by atoms with van der Waals surface area (Å²) in [5, 5.41) is 3.55. The van der Waals surface area contributed by atoms with Crippen molar-refractivity contribution in [2.45, 2.75) is 77.9 Å². The van der Waals surface area contributed by atoms with Gasteiger partial charge in [0.1, 0.15) is 16.9 Å². The van der Waals surface area contributed by atoms with Crippen LogP contribution in [0.4, 0.5) is 4.79 Å². The second kappa shape index (κ2) is 7.88. The van der Waals surface area contributed by atoms with Crippen LogP contribution in [0, 0.1) is 17.8 Å². The maximum atomic E-state index is 13.3. The molecule has 1 spiro atoms. The summed E-state index contributed by atoms with van der Waals surface area (Å²) in [6.45, 7) is 9.90. The Labute approximate surface area is 171 Å². The Bertz CT molecular complexity index is 768. The second-order valence-electron chi connectivity index (χ2n) is 9.51. The molecule has 2 heterocycles. The fourth-order valence-corrected chi connectivity index (χ4v) is 4.75. The SMILES string of the molecule is CC(C)C(C(=O)CCc1ncno1)[C@@H]1CC2(CCCN2C(=O)OC(C)(C)C)C1=O. The summed E-state index contributed by atoms with van der Waals surface area (Å²) >= 11 is 0. The molecule has 2 fully saturated rings. The standard InChI is InChI=1S/C21H31N3O5/c1-13(2)17(15(25)7-8-16-22-12-23-29-16)14-11-21(18(14)26)9-6-10-24(21)19(27)28-20(3,4)5/h12-14,17H,6-11H2,1-5H3/t14-,17?,21?/m0/s1. The molecule has 8 nitrogen and oxygen atoms in total. The highest BCUT2D eigenvalue weighted by molar-refractivity contribution is 6.02. The predicted octanol–water partition coefficient (Wildman–Crippen LogP) is 3.20. The van der Waals surface area contributed by atoms with Crippen LogP contribution in [-0.4, -0.2) is 50.4 Å². The number of carbonyl (C=O) groups excluding carboxylic acids is 3. The Hall–Kier alpha value is -2.25. The molecule has 0 aromatic carbocycles. The van der Waals surface area contributed by atoms with E-state index in [-0.39, 0.29) is 35.7 Å². The number of hydrogen-bond acceptors (Lipinski definition) is 7. The highest BCUT2D eigenvalue weighted by Gasteiger charge is 2.63. The zero-order valence-corrected chi connectivity index (χ0v) is 17.9. The van der Waals surface area contributed by atoms with Gasteiger partial charge in [0.05, 0.1) is 0 Å². The lowest BCUT2D eigenvalue weighted by molar-refractivity contribution is -0.155. The molecule has 1 saturated heterocycles. The first-order chi connectivity index (χ1) is 13.5. The Morgan fingerprint density at radius 1 is 1.38 bits per heavy atom. The molecule has 1 aliphatic heterocycles. The highest BCUT2D eigenvalue weighted by Crippen LogP contribution is 2.50. The van der Waals surface area contributed by atoms with Gasteiger partial charge in [-0.15, -0.1) is 0 Å². The second-order valence-corrected chi connectivity index (χ2v) is 9.51. The van der Waals surface area contributed by atoms with Crippen LogP contribution in [0.1, 0.15) is 66.2 Å². The molecular weight excluding hydrogens is 374 g/mol. The third-order valence-electron chi connectivity index (χ3n) is 5.97. The van der Waals surface area contributed by atoms with E-state index in [1.54, 1.807) is 4.90 Å². The number of Topliss-reactive ketones (excluding diaryl/α,β-unsaturated/α-hetero) is 2. The number of rotatable bonds is 6. The third-order valence-corrected chi connectivity index (χ3v) is 5.97. The lowest BCUT2D eigenvalue weighted by Crippen LogP contribution is -2.66. The van der Waals surface area contributed by atoms with Crippen LogP contribution < -0.4 is 0 Å². The summed E-state index contributed by atoms with van der Waals surface area (Å²) in [6, 6.07) is 0. The van der Waals surface area contributed by atoms with E-state index in [1.165, 1.54) is 6.33 Å². The molecule has 0 bridgehead atoms. The monoisotopic (exact) mass is 405 g/mol. The van der Waals surface area contributed by atoms with E-state index in [0.717, 1.165) is 6.42 Å². The van der Waals surface area contributed by atoms with Crippen LogP contribution in [-0.2, 0) is 20.7 Å². The van der Waals surface area contributed by atoms with Crippen LogP contribution in [0.2, 0.25) is 0 Å². The van der Waals surface area contributed by atoms with Gasteiger partial charge < -0.3 is 9.26 Å². The molecule has 0 N–H and O–H groups in total. The van der Waals surface area contributed by atoms with Crippen molar-refractivity contribution < 1.29 is 23.6 Å². The van der Waals surface area contributed by atoms with Crippen molar-refractivity contribution in [1.82, 2.24) is 15.0 Å². The molecule has 1 aromatic heterocycles. The van der Waals surface area contributed by atoms with Crippen molar-refractivity contribution in [3.63, 3.8) is 0 Å². The number of aryl methyl sites for hydroxylation is 1. The van der Waals surface area contributed by atoms with E-state index in [0.29, 0.717) is 31.7 Å². The Kier molecular flexibility index (Phi) is 5.83. The predicted molar refractivity (Wildman–Crippen MR) is 104 cm³/mol. The third kappa shape index (κ3) is 4.21. The number of likely N-dealkylation sites (tertiary alicyclic amines) is 1. The molecule has 1 saturated carbocycles. The fourth-order valence-electron chi connectivity index (χ4n) is 4.75. The van der Waals surface area contributed by atoms with Crippen molar-refractivity contribution in [2.24, 2.45) is 17.8 Å². The minimum atomic E-state index is -0.799. The van der Waals surface area contributed by atoms with Crippen molar-refractivity contribution >= 4 is 17.7 Å². The quantitative estimate of drug-likeness (QED) is 0.716. The maximum Gasteiger partial charge on any atom is 0.411 e. The number of nitrogens with zero attached hydrogens (tertiary/aromatic N) is 3. The first-order valence-electron chi connectivity index (χ1n) is 10.4. The van der Waals surface area contributed by atoms with Crippen molar-refractivity contribution in [1.29, 1.82) is 0 Å². The van der Waals surface area contributed by atoms with E-state index in [9.17, 15) is 14.4 Å². The normalized spacial score (nSPS) is 25.4. The lowest BCUT2D eigenvalue weighted by atomic mass is 9.58. The van der Waals surface area contributed by atoms with Gasteiger partial charge in [0.15, 0.2) is 12.1 Å². The topological polar surface area (TPSA) is 103 Å². The Balaban J connectivity index is 1.69. The van der Waals surface area contributed by atoms with E-state index in [4.69, 9.17) is 9.26 Å². The minimum absolute atomic E-state index is 0.00528. The van der Waals surface area contributed by atoms with Crippen LogP contribution in [0.15, 0.2) is 10.9 Å². The van der Waals surface area contributed by atoms with Crippen molar-refractivity contribution in [3.05, 3.63) is 12.2 Å². The van der Waals surface area contributed by atoms with Crippen LogP contribution >= 0.6 is 0 Å². The zero-order chi connectivity index (χ0) is 21.4. The number of amides is 1. The van der Waals surface area contributed by atoms with Gasteiger partial charge in [-0.25, -0.2) is 4.79 Å². The smallest absolute Gasteiger partial charge is 0.411 e.